The Morgan fingerprint density at radius 1 is 1.77 bits per heavy atom. The summed E-state index contributed by atoms with van der Waals surface area (Å²) in [4.78, 5) is 21.8. The molecule has 5 heteroatoms. The van der Waals surface area contributed by atoms with E-state index in [2.05, 4.69) is 15.4 Å². The SMILES string of the molecule is COCC(=O)NC1CCC(=O)NC1. The van der Waals surface area contributed by atoms with Gasteiger partial charge < -0.3 is 15.4 Å². The maximum atomic E-state index is 11.0. The minimum absolute atomic E-state index is 0.0530. The lowest BCUT2D eigenvalue weighted by molar-refractivity contribution is -0.127. The van der Waals surface area contributed by atoms with Crippen LogP contribution in [-0.4, -0.2) is 38.1 Å². The Labute approximate surface area is 76.8 Å². The molecule has 1 aliphatic heterocycles. The van der Waals surface area contributed by atoms with E-state index in [4.69, 9.17) is 0 Å². The van der Waals surface area contributed by atoms with Crippen LogP contribution in [0.15, 0.2) is 0 Å². The van der Waals surface area contributed by atoms with Crippen molar-refractivity contribution in [2.24, 2.45) is 0 Å². The van der Waals surface area contributed by atoms with Crippen molar-refractivity contribution >= 4 is 11.8 Å². The van der Waals surface area contributed by atoms with Crippen LogP contribution in [-0.2, 0) is 14.3 Å². The van der Waals surface area contributed by atoms with Crippen LogP contribution >= 0.6 is 0 Å². The zero-order chi connectivity index (χ0) is 9.68. The molecule has 1 atom stereocenters. The second-order valence-electron chi connectivity index (χ2n) is 3.04. The van der Waals surface area contributed by atoms with Gasteiger partial charge in [-0.15, -0.1) is 0 Å². The summed E-state index contributed by atoms with van der Waals surface area (Å²) in [5.41, 5.74) is 0. The van der Waals surface area contributed by atoms with Gasteiger partial charge in [0, 0.05) is 26.1 Å². The summed E-state index contributed by atoms with van der Waals surface area (Å²) in [7, 11) is 1.47. The predicted octanol–water partition coefficient (Wildman–Crippen LogP) is -0.972. The molecular formula is C8H14N2O3. The van der Waals surface area contributed by atoms with Crippen LogP contribution in [0.2, 0.25) is 0 Å². The van der Waals surface area contributed by atoms with Crippen molar-refractivity contribution in [1.29, 1.82) is 0 Å². The standard InChI is InChI=1S/C8H14N2O3/c1-13-5-8(12)10-6-2-3-7(11)9-4-6/h6H,2-5H2,1H3,(H,9,11)(H,10,12). The first-order chi connectivity index (χ1) is 6.22. The fourth-order valence-electron chi connectivity index (χ4n) is 1.26. The molecule has 0 aromatic rings. The van der Waals surface area contributed by atoms with Gasteiger partial charge in [-0.3, -0.25) is 9.59 Å². The van der Waals surface area contributed by atoms with E-state index in [9.17, 15) is 9.59 Å². The molecule has 1 saturated heterocycles. The Morgan fingerprint density at radius 2 is 2.54 bits per heavy atom. The number of methoxy groups -OCH3 is 1. The van der Waals surface area contributed by atoms with Crippen molar-refractivity contribution in [2.45, 2.75) is 18.9 Å². The first-order valence-electron chi connectivity index (χ1n) is 4.27. The van der Waals surface area contributed by atoms with Gasteiger partial charge in [-0.25, -0.2) is 0 Å². The largest absolute Gasteiger partial charge is 0.375 e. The zero-order valence-corrected chi connectivity index (χ0v) is 7.63. The smallest absolute Gasteiger partial charge is 0.246 e. The van der Waals surface area contributed by atoms with Crippen LogP contribution in [0.3, 0.4) is 0 Å². The highest BCUT2D eigenvalue weighted by atomic mass is 16.5. The second kappa shape index (κ2) is 4.81. The molecule has 0 aliphatic carbocycles. The molecule has 5 nitrogen and oxygen atoms in total. The fraction of sp³-hybridized carbons (Fsp3) is 0.750. The Bertz CT molecular complexity index is 196. The Kier molecular flexibility index (Phi) is 3.70. The van der Waals surface area contributed by atoms with Crippen LogP contribution in [0, 0.1) is 0 Å². The number of rotatable bonds is 3. The van der Waals surface area contributed by atoms with Gasteiger partial charge >= 0.3 is 0 Å². The lowest BCUT2D eigenvalue weighted by atomic mass is 10.1. The molecule has 1 unspecified atom stereocenters. The monoisotopic (exact) mass is 186 g/mol. The first kappa shape index (κ1) is 9.98. The van der Waals surface area contributed by atoms with Gasteiger partial charge in [0.15, 0.2) is 0 Å². The normalized spacial score (nSPS) is 22.2. The molecule has 2 amide bonds. The van der Waals surface area contributed by atoms with E-state index in [0.717, 1.165) is 0 Å². The number of hydrogen-bond donors (Lipinski definition) is 2. The van der Waals surface area contributed by atoms with E-state index in [1.807, 2.05) is 0 Å². The maximum absolute atomic E-state index is 11.0. The van der Waals surface area contributed by atoms with Crippen LogP contribution in [0.4, 0.5) is 0 Å². The molecule has 0 aromatic carbocycles. The lowest BCUT2D eigenvalue weighted by Crippen LogP contribution is -2.48. The Hall–Kier alpha value is -1.10. The topological polar surface area (TPSA) is 67.4 Å². The molecule has 74 valence electrons. The van der Waals surface area contributed by atoms with E-state index in [1.54, 1.807) is 0 Å². The molecule has 0 aromatic heterocycles. The number of nitrogens with one attached hydrogen (secondary N) is 2. The van der Waals surface area contributed by atoms with Crippen molar-refractivity contribution in [2.75, 3.05) is 20.3 Å². The highest BCUT2D eigenvalue weighted by Gasteiger charge is 2.18. The number of piperidine rings is 1. The van der Waals surface area contributed by atoms with E-state index < -0.39 is 0 Å². The average molecular weight is 186 g/mol. The predicted molar refractivity (Wildman–Crippen MR) is 46.1 cm³/mol. The van der Waals surface area contributed by atoms with Crippen LogP contribution in [0.5, 0.6) is 0 Å². The van der Waals surface area contributed by atoms with Gasteiger partial charge in [0.05, 0.1) is 0 Å². The van der Waals surface area contributed by atoms with Crippen molar-refractivity contribution < 1.29 is 14.3 Å². The summed E-state index contributed by atoms with van der Waals surface area (Å²) >= 11 is 0. The lowest BCUT2D eigenvalue weighted by Gasteiger charge is -2.23. The van der Waals surface area contributed by atoms with Gasteiger partial charge in [-0.1, -0.05) is 0 Å². The summed E-state index contributed by atoms with van der Waals surface area (Å²) in [6.07, 6.45) is 1.19. The maximum Gasteiger partial charge on any atom is 0.246 e. The third-order valence-corrected chi connectivity index (χ3v) is 1.91. The number of ether oxygens (including phenoxy) is 1. The van der Waals surface area contributed by atoms with Crippen molar-refractivity contribution in [3.05, 3.63) is 0 Å². The second-order valence-corrected chi connectivity index (χ2v) is 3.04. The third-order valence-electron chi connectivity index (χ3n) is 1.91. The molecule has 1 aliphatic rings. The molecule has 1 heterocycles. The van der Waals surface area contributed by atoms with Crippen LogP contribution < -0.4 is 10.6 Å². The number of carbonyl (C=O) groups is 2. The number of carbonyl (C=O) groups excluding carboxylic acids is 2. The van der Waals surface area contributed by atoms with Crippen molar-refractivity contribution in [3.8, 4) is 0 Å². The fourth-order valence-corrected chi connectivity index (χ4v) is 1.26. The summed E-state index contributed by atoms with van der Waals surface area (Å²) in [6.45, 7) is 0.596. The quantitative estimate of drug-likeness (QED) is 0.595. The van der Waals surface area contributed by atoms with E-state index in [1.165, 1.54) is 7.11 Å². The first-order valence-corrected chi connectivity index (χ1v) is 4.27. The van der Waals surface area contributed by atoms with Crippen molar-refractivity contribution in [3.63, 3.8) is 0 Å². The molecule has 0 saturated carbocycles. The van der Waals surface area contributed by atoms with Crippen LogP contribution in [0.1, 0.15) is 12.8 Å². The Balaban J connectivity index is 2.22. The molecule has 13 heavy (non-hydrogen) atoms. The molecule has 2 N–H and O–H groups in total. The summed E-state index contributed by atoms with van der Waals surface area (Å²) < 4.78 is 4.67. The minimum Gasteiger partial charge on any atom is -0.375 e. The highest BCUT2D eigenvalue weighted by molar-refractivity contribution is 5.79. The third kappa shape index (κ3) is 3.42. The van der Waals surface area contributed by atoms with Gasteiger partial charge in [0.1, 0.15) is 6.61 Å². The summed E-state index contributed by atoms with van der Waals surface area (Å²) in [5.74, 6) is -0.0825. The highest BCUT2D eigenvalue weighted by Crippen LogP contribution is 2.01. The molecular weight excluding hydrogens is 172 g/mol. The van der Waals surface area contributed by atoms with Gasteiger partial charge in [0.2, 0.25) is 11.8 Å². The van der Waals surface area contributed by atoms with Gasteiger partial charge in [0.25, 0.3) is 0 Å². The number of hydrogen-bond acceptors (Lipinski definition) is 3. The number of amides is 2. The van der Waals surface area contributed by atoms with Crippen LogP contribution in [0.25, 0.3) is 0 Å². The summed E-state index contributed by atoms with van der Waals surface area (Å²) in [5, 5.41) is 5.45. The zero-order valence-electron chi connectivity index (χ0n) is 7.63. The Morgan fingerprint density at radius 3 is 3.08 bits per heavy atom. The van der Waals surface area contributed by atoms with E-state index >= 15 is 0 Å². The average Bonchev–Trinajstić information content (AvgIpc) is 2.09. The van der Waals surface area contributed by atoms with E-state index in [0.29, 0.717) is 19.4 Å². The molecule has 0 spiro atoms. The molecule has 0 radical (unpaired) electrons. The summed E-state index contributed by atoms with van der Waals surface area (Å²) in [6, 6.07) is 0.0559. The van der Waals surface area contributed by atoms with Gasteiger partial charge in [-0.05, 0) is 6.42 Å². The minimum atomic E-state index is -0.136. The van der Waals surface area contributed by atoms with E-state index in [-0.39, 0.29) is 24.5 Å². The molecule has 1 rings (SSSR count). The van der Waals surface area contributed by atoms with Crippen molar-refractivity contribution in [1.82, 2.24) is 10.6 Å². The molecule has 1 fully saturated rings. The molecule has 0 bridgehead atoms. The van der Waals surface area contributed by atoms with Gasteiger partial charge in [-0.2, -0.15) is 0 Å².